The number of aromatic nitrogens is 1. The number of nitrogens with one attached hydrogen (secondary N) is 1. The molecule has 20 heavy (non-hydrogen) atoms. The van der Waals surface area contributed by atoms with Gasteiger partial charge in [0, 0.05) is 23.7 Å². The van der Waals surface area contributed by atoms with Crippen molar-refractivity contribution in [1.82, 2.24) is 5.16 Å². The first-order valence-corrected chi connectivity index (χ1v) is 6.13. The quantitative estimate of drug-likeness (QED) is 0.836. The van der Waals surface area contributed by atoms with Crippen molar-refractivity contribution in [2.45, 2.75) is 13.3 Å². The third-order valence-corrected chi connectivity index (χ3v) is 2.62. The Morgan fingerprint density at radius 2 is 2.30 bits per heavy atom. The molecule has 0 aliphatic carbocycles. The summed E-state index contributed by atoms with van der Waals surface area (Å²) >= 11 is 0. The van der Waals surface area contributed by atoms with Gasteiger partial charge >= 0.3 is 0 Å². The minimum absolute atomic E-state index is 0.0357. The molecule has 102 valence electrons. The van der Waals surface area contributed by atoms with Crippen LogP contribution in [0.2, 0.25) is 0 Å². The fourth-order valence-corrected chi connectivity index (χ4v) is 1.57. The normalized spacial score (nSPS) is 9.70. The summed E-state index contributed by atoms with van der Waals surface area (Å²) in [5.41, 5.74) is 2.45. The Kier molecular flexibility index (Phi) is 4.53. The number of hydrogen-bond donors (Lipinski definition) is 2. The van der Waals surface area contributed by atoms with Gasteiger partial charge in [-0.15, -0.1) is 0 Å². The van der Waals surface area contributed by atoms with E-state index in [2.05, 4.69) is 22.3 Å². The van der Waals surface area contributed by atoms with Crippen LogP contribution in [0.25, 0.3) is 0 Å². The number of amides is 1. The molecule has 0 unspecified atom stereocenters. The average Bonchev–Trinajstić information content (AvgIpc) is 2.96. The van der Waals surface area contributed by atoms with Crippen molar-refractivity contribution in [3.8, 4) is 11.8 Å². The van der Waals surface area contributed by atoms with Crippen molar-refractivity contribution in [3.63, 3.8) is 0 Å². The van der Waals surface area contributed by atoms with E-state index in [-0.39, 0.29) is 18.3 Å². The monoisotopic (exact) mass is 270 g/mol. The van der Waals surface area contributed by atoms with Crippen molar-refractivity contribution in [2.75, 3.05) is 11.9 Å². The summed E-state index contributed by atoms with van der Waals surface area (Å²) in [6, 6.07) is 6.94. The molecule has 0 radical (unpaired) electrons. The van der Waals surface area contributed by atoms with Crippen LogP contribution in [0.3, 0.4) is 0 Å². The molecule has 0 spiro atoms. The number of aliphatic hydroxyl groups excluding tert-OH is 1. The van der Waals surface area contributed by atoms with Crippen LogP contribution < -0.4 is 5.32 Å². The van der Waals surface area contributed by atoms with Crippen LogP contribution >= 0.6 is 0 Å². The van der Waals surface area contributed by atoms with Crippen molar-refractivity contribution in [1.29, 1.82) is 0 Å². The first-order chi connectivity index (χ1) is 9.70. The second kappa shape index (κ2) is 6.55. The Balaban J connectivity index is 2.15. The molecule has 2 aromatic rings. The minimum atomic E-state index is -0.361. The van der Waals surface area contributed by atoms with Gasteiger partial charge in [-0.3, -0.25) is 4.79 Å². The number of hydrogen-bond acceptors (Lipinski definition) is 4. The fraction of sp³-hybridized carbons (Fsp3) is 0.200. The molecule has 0 aliphatic heterocycles. The minimum Gasteiger partial charge on any atom is -0.395 e. The first-order valence-electron chi connectivity index (χ1n) is 6.13. The van der Waals surface area contributed by atoms with Crippen LogP contribution in [0, 0.1) is 18.8 Å². The molecule has 2 N–H and O–H groups in total. The SMILES string of the molecule is Cc1ccc(NC(=O)c2ccno2)cc1C#CCCO. The molecule has 0 fully saturated rings. The maximum absolute atomic E-state index is 11.8. The van der Waals surface area contributed by atoms with Crippen molar-refractivity contribution in [2.24, 2.45) is 0 Å². The Morgan fingerprint density at radius 3 is 3.00 bits per heavy atom. The number of rotatable bonds is 3. The predicted molar refractivity (Wildman–Crippen MR) is 74.2 cm³/mol. The van der Waals surface area contributed by atoms with E-state index in [1.165, 1.54) is 12.3 Å². The van der Waals surface area contributed by atoms with Gasteiger partial charge in [0.05, 0.1) is 12.8 Å². The van der Waals surface area contributed by atoms with Gasteiger partial charge in [0.1, 0.15) is 0 Å². The molecule has 0 saturated heterocycles. The molecular formula is C15H14N2O3. The topological polar surface area (TPSA) is 75.4 Å². The molecule has 0 atom stereocenters. The van der Waals surface area contributed by atoms with Crippen molar-refractivity contribution >= 4 is 11.6 Å². The van der Waals surface area contributed by atoms with Gasteiger partial charge in [-0.1, -0.05) is 23.1 Å². The highest BCUT2D eigenvalue weighted by atomic mass is 16.5. The summed E-state index contributed by atoms with van der Waals surface area (Å²) in [7, 11) is 0. The van der Waals surface area contributed by atoms with E-state index in [9.17, 15) is 4.79 Å². The van der Waals surface area contributed by atoms with E-state index in [4.69, 9.17) is 9.63 Å². The number of carbonyl (C=O) groups excluding carboxylic acids is 1. The molecular weight excluding hydrogens is 256 g/mol. The molecule has 1 heterocycles. The van der Waals surface area contributed by atoms with Crippen LogP contribution in [-0.2, 0) is 0 Å². The number of aliphatic hydroxyl groups is 1. The number of aryl methyl sites for hydroxylation is 1. The molecule has 0 aliphatic rings. The Bertz CT molecular complexity index is 651. The van der Waals surface area contributed by atoms with Crippen LogP contribution in [0.4, 0.5) is 5.69 Å². The second-order valence-corrected chi connectivity index (χ2v) is 4.14. The third-order valence-electron chi connectivity index (χ3n) is 2.62. The van der Waals surface area contributed by atoms with E-state index in [1.54, 1.807) is 12.1 Å². The maximum Gasteiger partial charge on any atom is 0.294 e. The summed E-state index contributed by atoms with van der Waals surface area (Å²) in [4.78, 5) is 11.8. The van der Waals surface area contributed by atoms with E-state index < -0.39 is 0 Å². The summed E-state index contributed by atoms with van der Waals surface area (Å²) < 4.78 is 4.78. The van der Waals surface area contributed by atoms with Gasteiger partial charge in [0.25, 0.3) is 5.91 Å². The molecule has 1 amide bonds. The summed E-state index contributed by atoms with van der Waals surface area (Å²) in [5, 5.41) is 14.9. The van der Waals surface area contributed by atoms with Crippen LogP contribution in [0.15, 0.2) is 35.0 Å². The van der Waals surface area contributed by atoms with Crippen LogP contribution in [0.1, 0.15) is 28.1 Å². The average molecular weight is 270 g/mol. The molecule has 0 bridgehead atoms. The lowest BCUT2D eigenvalue weighted by molar-refractivity contribution is 0.0988. The van der Waals surface area contributed by atoms with Gasteiger partial charge in [-0.05, 0) is 24.6 Å². The zero-order chi connectivity index (χ0) is 14.4. The number of nitrogens with zero attached hydrogens (tertiary/aromatic N) is 1. The summed E-state index contributed by atoms with van der Waals surface area (Å²) in [6.45, 7) is 1.97. The number of benzene rings is 1. The van der Waals surface area contributed by atoms with Crippen LogP contribution in [-0.4, -0.2) is 22.8 Å². The lowest BCUT2D eigenvalue weighted by Crippen LogP contribution is -2.11. The van der Waals surface area contributed by atoms with E-state index in [0.29, 0.717) is 12.1 Å². The molecule has 0 saturated carbocycles. The second-order valence-electron chi connectivity index (χ2n) is 4.14. The Labute approximate surface area is 116 Å². The molecule has 1 aromatic heterocycles. The molecule has 1 aromatic carbocycles. The van der Waals surface area contributed by atoms with Gasteiger partial charge in [-0.2, -0.15) is 0 Å². The van der Waals surface area contributed by atoms with Gasteiger partial charge in [-0.25, -0.2) is 0 Å². The number of carbonyl (C=O) groups is 1. The molecule has 2 rings (SSSR count). The number of anilines is 1. The van der Waals surface area contributed by atoms with E-state index in [1.807, 2.05) is 13.0 Å². The first kappa shape index (κ1) is 13.8. The van der Waals surface area contributed by atoms with Gasteiger partial charge in [0.15, 0.2) is 0 Å². The Hall–Kier alpha value is -2.58. The summed E-state index contributed by atoms with van der Waals surface area (Å²) in [6.07, 6.45) is 1.84. The lowest BCUT2D eigenvalue weighted by atomic mass is 10.1. The standard InChI is InChI=1S/C15H14N2O3/c1-11-5-6-13(10-12(11)4-2-3-9-18)17-15(19)14-7-8-16-20-14/h5-8,10,18H,3,9H2,1H3,(H,17,19). The highest BCUT2D eigenvalue weighted by molar-refractivity contribution is 6.02. The highest BCUT2D eigenvalue weighted by Crippen LogP contribution is 2.15. The largest absolute Gasteiger partial charge is 0.395 e. The predicted octanol–water partition coefficient (Wildman–Crippen LogP) is 1.97. The Morgan fingerprint density at radius 1 is 1.45 bits per heavy atom. The third kappa shape index (κ3) is 3.46. The van der Waals surface area contributed by atoms with Crippen LogP contribution in [0.5, 0.6) is 0 Å². The van der Waals surface area contributed by atoms with Gasteiger partial charge in [0.2, 0.25) is 5.76 Å². The van der Waals surface area contributed by atoms with E-state index in [0.717, 1.165) is 11.1 Å². The maximum atomic E-state index is 11.8. The molecule has 5 nitrogen and oxygen atoms in total. The molecule has 5 heteroatoms. The lowest BCUT2D eigenvalue weighted by Gasteiger charge is -2.05. The smallest absolute Gasteiger partial charge is 0.294 e. The van der Waals surface area contributed by atoms with E-state index >= 15 is 0 Å². The van der Waals surface area contributed by atoms with Crippen molar-refractivity contribution in [3.05, 3.63) is 47.3 Å². The van der Waals surface area contributed by atoms with Gasteiger partial charge < -0.3 is 14.9 Å². The fourth-order valence-electron chi connectivity index (χ4n) is 1.57. The zero-order valence-corrected chi connectivity index (χ0v) is 11.0. The highest BCUT2D eigenvalue weighted by Gasteiger charge is 2.10. The zero-order valence-electron chi connectivity index (χ0n) is 11.0. The van der Waals surface area contributed by atoms with Crippen molar-refractivity contribution < 1.29 is 14.4 Å². The summed E-state index contributed by atoms with van der Waals surface area (Å²) in [5.74, 6) is 5.62.